The number of hydrogen-bond acceptors (Lipinski definition) is 5. The summed E-state index contributed by atoms with van der Waals surface area (Å²) in [6.07, 6.45) is 0. The van der Waals surface area contributed by atoms with Crippen molar-refractivity contribution in [1.29, 1.82) is 0 Å². The second-order valence-corrected chi connectivity index (χ2v) is 5.86. The van der Waals surface area contributed by atoms with Crippen LogP contribution in [0.4, 0.5) is 0 Å². The van der Waals surface area contributed by atoms with Crippen LogP contribution < -0.4 is 5.14 Å². The Morgan fingerprint density at radius 3 is 2.38 bits per heavy atom. The van der Waals surface area contributed by atoms with E-state index in [1.54, 1.807) is 24.3 Å². The highest BCUT2D eigenvalue weighted by Gasteiger charge is 2.15. The van der Waals surface area contributed by atoms with E-state index in [0.717, 1.165) is 11.5 Å². The van der Waals surface area contributed by atoms with Crippen LogP contribution in [0, 0.1) is 0 Å². The fourth-order valence-electron chi connectivity index (χ4n) is 1.04. The summed E-state index contributed by atoms with van der Waals surface area (Å²) in [6.45, 7) is 0. The summed E-state index contributed by atoms with van der Waals surface area (Å²) in [5.74, 6) is 0.325. The third kappa shape index (κ3) is 2.38. The van der Waals surface area contributed by atoms with Crippen LogP contribution in [-0.4, -0.2) is 17.8 Å². The highest BCUT2D eigenvalue weighted by Crippen LogP contribution is 2.21. The van der Waals surface area contributed by atoms with Crippen molar-refractivity contribution >= 4 is 33.2 Å². The third-order valence-corrected chi connectivity index (χ3v) is 4.02. The van der Waals surface area contributed by atoms with Crippen molar-refractivity contribution in [1.82, 2.24) is 9.36 Å². The molecule has 0 unspecified atom stereocenters. The molecule has 84 valence electrons. The number of rotatable bonds is 2. The van der Waals surface area contributed by atoms with Crippen molar-refractivity contribution in [3.63, 3.8) is 0 Å². The van der Waals surface area contributed by atoms with Crippen molar-refractivity contribution in [2.24, 2.45) is 5.14 Å². The number of aromatic nitrogens is 2. The van der Waals surface area contributed by atoms with Gasteiger partial charge in [0.25, 0.3) is 10.0 Å². The Morgan fingerprint density at radius 2 is 1.88 bits per heavy atom. The molecule has 0 aliphatic rings. The van der Waals surface area contributed by atoms with Gasteiger partial charge in [-0.1, -0.05) is 11.6 Å². The summed E-state index contributed by atoms with van der Waals surface area (Å²) in [7, 11) is -3.78. The Hall–Kier alpha value is -1.02. The summed E-state index contributed by atoms with van der Waals surface area (Å²) in [5.41, 5.74) is 0.690. The van der Waals surface area contributed by atoms with Crippen LogP contribution in [0.15, 0.2) is 28.6 Å². The largest absolute Gasteiger partial charge is 0.266 e. The molecular weight excluding hydrogens is 270 g/mol. The average Bonchev–Trinajstić information content (AvgIpc) is 2.67. The first-order valence-corrected chi connectivity index (χ1v) is 6.79. The van der Waals surface area contributed by atoms with Crippen molar-refractivity contribution in [2.45, 2.75) is 4.34 Å². The molecule has 0 saturated carbocycles. The van der Waals surface area contributed by atoms with Crippen molar-refractivity contribution in [3.8, 4) is 11.4 Å². The van der Waals surface area contributed by atoms with E-state index in [4.69, 9.17) is 16.7 Å². The summed E-state index contributed by atoms with van der Waals surface area (Å²) in [4.78, 5) is 3.83. The third-order valence-electron chi connectivity index (χ3n) is 1.75. The van der Waals surface area contributed by atoms with Gasteiger partial charge in [0.1, 0.15) is 0 Å². The van der Waals surface area contributed by atoms with Gasteiger partial charge in [-0.05, 0) is 35.8 Å². The van der Waals surface area contributed by atoms with Gasteiger partial charge in [-0.2, -0.15) is 4.37 Å². The zero-order valence-electron chi connectivity index (χ0n) is 7.79. The van der Waals surface area contributed by atoms with Gasteiger partial charge in [-0.25, -0.2) is 18.5 Å². The Bertz CT molecular complexity index is 606. The SMILES string of the molecule is NS(=O)(=O)c1nc(-c2ccc(Cl)cc2)ns1. The van der Waals surface area contributed by atoms with E-state index < -0.39 is 10.0 Å². The van der Waals surface area contributed by atoms with Crippen molar-refractivity contribution in [3.05, 3.63) is 29.3 Å². The molecule has 8 heteroatoms. The normalized spacial score (nSPS) is 11.6. The van der Waals surface area contributed by atoms with Gasteiger partial charge in [0.2, 0.25) is 4.34 Å². The molecule has 0 aliphatic heterocycles. The molecule has 0 spiro atoms. The molecule has 0 atom stereocenters. The lowest BCUT2D eigenvalue weighted by atomic mass is 10.2. The van der Waals surface area contributed by atoms with E-state index in [9.17, 15) is 8.42 Å². The molecule has 5 nitrogen and oxygen atoms in total. The smallest absolute Gasteiger partial charge is 0.223 e. The van der Waals surface area contributed by atoms with Gasteiger partial charge >= 0.3 is 0 Å². The molecule has 1 aromatic heterocycles. The molecule has 0 saturated heterocycles. The lowest BCUT2D eigenvalue weighted by Gasteiger charge is -1.94. The molecule has 2 aromatic rings. The van der Waals surface area contributed by atoms with E-state index in [1.807, 2.05) is 0 Å². The minimum atomic E-state index is -3.78. The van der Waals surface area contributed by atoms with E-state index in [0.29, 0.717) is 16.4 Å². The number of nitrogens with zero attached hydrogens (tertiary/aromatic N) is 2. The summed E-state index contributed by atoms with van der Waals surface area (Å²) in [5, 5.41) is 5.52. The first kappa shape index (κ1) is 11.5. The highest BCUT2D eigenvalue weighted by molar-refractivity contribution is 7.91. The highest BCUT2D eigenvalue weighted by atomic mass is 35.5. The number of primary sulfonamides is 1. The van der Waals surface area contributed by atoms with Gasteiger partial charge < -0.3 is 0 Å². The molecule has 0 fully saturated rings. The number of halogens is 1. The zero-order chi connectivity index (χ0) is 11.8. The maximum absolute atomic E-state index is 11.0. The molecular formula is C8H6ClN3O2S2. The maximum atomic E-state index is 11.0. The number of nitrogens with two attached hydrogens (primary N) is 1. The second-order valence-electron chi connectivity index (χ2n) is 2.94. The minimum absolute atomic E-state index is 0.197. The fourth-order valence-corrected chi connectivity index (χ4v) is 2.35. The van der Waals surface area contributed by atoms with Crippen LogP contribution >= 0.6 is 23.1 Å². The fraction of sp³-hybridized carbons (Fsp3) is 0. The van der Waals surface area contributed by atoms with Crippen molar-refractivity contribution < 1.29 is 8.42 Å². The van der Waals surface area contributed by atoms with Gasteiger partial charge in [0, 0.05) is 10.6 Å². The Morgan fingerprint density at radius 1 is 1.25 bits per heavy atom. The van der Waals surface area contributed by atoms with E-state index in [-0.39, 0.29) is 4.34 Å². The number of sulfonamides is 1. The molecule has 0 bridgehead atoms. The van der Waals surface area contributed by atoms with E-state index in [2.05, 4.69) is 9.36 Å². The van der Waals surface area contributed by atoms with Gasteiger partial charge in [-0.3, -0.25) is 0 Å². The molecule has 0 amide bonds. The van der Waals surface area contributed by atoms with Gasteiger partial charge in [0.15, 0.2) is 5.82 Å². The van der Waals surface area contributed by atoms with Crippen LogP contribution in [0.5, 0.6) is 0 Å². The second kappa shape index (κ2) is 4.10. The van der Waals surface area contributed by atoms with Crippen LogP contribution in [-0.2, 0) is 10.0 Å². The predicted octanol–water partition coefficient (Wildman–Crippen LogP) is 1.51. The Labute approximate surface area is 101 Å². The van der Waals surface area contributed by atoms with Crippen LogP contribution in [0.2, 0.25) is 5.02 Å². The molecule has 0 radical (unpaired) electrons. The molecule has 2 rings (SSSR count). The topological polar surface area (TPSA) is 85.9 Å². The lowest BCUT2D eigenvalue weighted by Crippen LogP contribution is -2.11. The van der Waals surface area contributed by atoms with Crippen LogP contribution in [0.3, 0.4) is 0 Å². The van der Waals surface area contributed by atoms with Crippen molar-refractivity contribution in [2.75, 3.05) is 0 Å². The molecule has 1 heterocycles. The van der Waals surface area contributed by atoms with Crippen LogP contribution in [0.1, 0.15) is 0 Å². The molecule has 0 aliphatic carbocycles. The number of hydrogen-bond donors (Lipinski definition) is 1. The van der Waals surface area contributed by atoms with Gasteiger partial charge in [0.05, 0.1) is 0 Å². The summed E-state index contributed by atoms with van der Waals surface area (Å²) < 4.78 is 25.7. The van der Waals surface area contributed by atoms with Gasteiger partial charge in [-0.15, -0.1) is 0 Å². The molecule has 2 N–H and O–H groups in total. The zero-order valence-corrected chi connectivity index (χ0v) is 10.2. The minimum Gasteiger partial charge on any atom is -0.223 e. The average molecular weight is 276 g/mol. The first-order valence-electron chi connectivity index (χ1n) is 4.09. The predicted molar refractivity (Wildman–Crippen MR) is 61.7 cm³/mol. The van der Waals surface area contributed by atoms with E-state index in [1.165, 1.54) is 0 Å². The van der Waals surface area contributed by atoms with Crippen LogP contribution in [0.25, 0.3) is 11.4 Å². The number of benzene rings is 1. The molecule has 1 aromatic carbocycles. The summed E-state index contributed by atoms with van der Waals surface area (Å²) in [6, 6.07) is 6.76. The lowest BCUT2D eigenvalue weighted by molar-refractivity contribution is 0.597. The molecule has 16 heavy (non-hydrogen) atoms. The quantitative estimate of drug-likeness (QED) is 0.900. The monoisotopic (exact) mass is 275 g/mol. The first-order chi connectivity index (χ1) is 7.47. The standard InChI is InChI=1S/C8H6ClN3O2S2/c9-6-3-1-5(2-4-6)7-11-8(15-12-7)16(10,13)14/h1-4H,(H2,10,13,14). The Kier molecular flexibility index (Phi) is 2.94. The summed E-state index contributed by atoms with van der Waals surface area (Å²) >= 11 is 6.47. The maximum Gasteiger partial charge on any atom is 0.266 e. The Balaban J connectivity index is 2.43. The van der Waals surface area contributed by atoms with E-state index >= 15 is 0 Å².